The topological polar surface area (TPSA) is 35.5 Å². The fraction of sp³-hybridized carbons (Fsp3) is 0.700. The molecule has 0 saturated carbocycles. The van der Waals surface area contributed by atoms with Gasteiger partial charge in [-0.1, -0.05) is 18.5 Å². The normalized spacial score (nSPS) is 12.9. The third-order valence-electron chi connectivity index (χ3n) is 1.89. The first-order chi connectivity index (χ1) is 6.49. The van der Waals surface area contributed by atoms with E-state index < -0.39 is 0 Å². The summed E-state index contributed by atoms with van der Waals surface area (Å²) in [4.78, 5) is 20.8. The van der Waals surface area contributed by atoms with E-state index in [0.717, 1.165) is 23.1 Å². The molecule has 0 aromatic carbocycles. The summed E-state index contributed by atoms with van der Waals surface area (Å²) in [6.45, 7) is 7.53. The van der Waals surface area contributed by atoms with E-state index in [9.17, 15) is 4.79 Å². The van der Waals surface area contributed by atoms with E-state index in [1.165, 1.54) is 5.20 Å². The lowest BCUT2D eigenvalue weighted by atomic mass is 10.2. The zero-order valence-electron chi connectivity index (χ0n) is 9.72. The van der Waals surface area contributed by atoms with Crippen molar-refractivity contribution in [2.75, 3.05) is 0 Å². The third kappa shape index (κ3) is 5.19. The van der Waals surface area contributed by atoms with Crippen LogP contribution in [0.1, 0.15) is 40.5 Å². The zero-order chi connectivity index (χ0) is 11.1. The molecule has 0 aliphatic heterocycles. The van der Waals surface area contributed by atoms with Crippen molar-refractivity contribution in [1.29, 1.82) is 0 Å². The summed E-state index contributed by atoms with van der Waals surface area (Å²) < 4.78 is 0. The van der Waals surface area contributed by atoms with Gasteiger partial charge in [-0.05, 0) is 27.2 Å². The van der Waals surface area contributed by atoms with Gasteiger partial charge in [0.2, 0.25) is 0 Å². The van der Waals surface area contributed by atoms with Crippen molar-refractivity contribution in [3.8, 4) is 0 Å². The summed E-state index contributed by atoms with van der Waals surface area (Å²) in [5.41, 5.74) is 0.708. The Labute approximate surface area is 88.8 Å². The van der Waals surface area contributed by atoms with E-state index in [-0.39, 0.29) is 12.1 Å². The Morgan fingerprint density at radius 2 is 2.00 bits per heavy atom. The standard InChI is InChI=1S/C10H20O3Si/c1-5-6-9(14)8(4)10(11)13-12-7(2)3/h7H,5-6H2,1-4,14H3. The Hall–Kier alpha value is -0.613. The molecule has 14 heavy (non-hydrogen) atoms. The fourth-order valence-corrected chi connectivity index (χ4v) is 1.64. The molecule has 0 N–H and O–H groups in total. The molecule has 0 rings (SSSR count). The van der Waals surface area contributed by atoms with Crippen LogP contribution >= 0.6 is 0 Å². The monoisotopic (exact) mass is 216 g/mol. The van der Waals surface area contributed by atoms with Gasteiger partial charge >= 0.3 is 5.97 Å². The summed E-state index contributed by atoms with van der Waals surface area (Å²) >= 11 is 0. The summed E-state index contributed by atoms with van der Waals surface area (Å²) in [5, 5.41) is 1.20. The SMILES string of the molecule is CCCC([SiH3])=C(C)C(=O)OOC(C)C. The maximum Gasteiger partial charge on any atom is 0.368 e. The van der Waals surface area contributed by atoms with Crippen LogP contribution in [-0.4, -0.2) is 22.3 Å². The minimum atomic E-state index is -0.350. The average molecular weight is 216 g/mol. The summed E-state index contributed by atoms with van der Waals surface area (Å²) in [7, 11) is 0.907. The molecule has 0 bridgehead atoms. The predicted octanol–water partition coefficient (Wildman–Crippen LogP) is 1.31. The van der Waals surface area contributed by atoms with E-state index in [1.54, 1.807) is 6.92 Å². The molecule has 0 saturated heterocycles. The van der Waals surface area contributed by atoms with Crippen molar-refractivity contribution in [2.45, 2.75) is 46.6 Å². The lowest BCUT2D eigenvalue weighted by Crippen LogP contribution is -2.12. The maximum atomic E-state index is 11.4. The Balaban J connectivity index is 4.16. The summed E-state index contributed by atoms with van der Waals surface area (Å²) in [6.07, 6.45) is 1.96. The van der Waals surface area contributed by atoms with E-state index in [2.05, 4.69) is 11.8 Å². The quantitative estimate of drug-likeness (QED) is 0.301. The van der Waals surface area contributed by atoms with Crippen molar-refractivity contribution >= 4 is 16.2 Å². The molecule has 0 aromatic rings. The van der Waals surface area contributed by atoms with Gasteiger partial charge in [-0.15, -0.1) is 0 Å². The second-order valence-electron chi connectivity index (χ2n) is 3.67. The van der Waals surface area contributed by atoms with Crippen LogP contribution in [0.4, 0.5) is 0 Å². The van der Waals surface area contributed by atoms with Crippen molar-refractivity contribution in [3.05, 3.63) is 10.8 Å². The largest absolute Gasteiger partial charge is 0.368 e. The number of carbonyl (C=O) groups is 1. The van der Waals surface area contributed by atoms with Crippen LogP contribution in [0.5, 0.6) is 0 Å². The first-order valence-corrected chi connectivity index (χ1v) is 6.03. The van der Waals surface area contributed by atoms with Crippen LogP contribution in [0.2, 0.25) is 0 Å². The number of hydrogen-bond acceptors (Lipinski definition) is 3. The molecule has 4 heteroatoms. The van der Waals surface area contributed by atoms with Gasteiger partial charge in [-0.2, -0.15) is 4.89 Å². The third-order valence-corrected chi connectivity index (χ3v) is 3.14. The molecule has 3 nitrogen and oxygen atoms in total. The van der Waals surface area contributed by atoms with Crippen LogP contribution in [0, 0.1) is 0 Å². The molecular weight excluding hydrogens is 196 g/mol. The van der Waals surface area contributed by atoms with E-state index in [4.69, 9.17) is 4.89 Å². The zero-order valence-corrected chi connectivity index (χ0v) is 11.7. The summed E-state index contributed by atoms with van der Waals surface area (Å²) in [6, 6.07) is 0. The Kier molecular flexibility index (Phi) is 6.49. The minimum absolute atomic E-state index is 0.0875. The molecule has 0 radical (unpaired) electrons. The summed E-state index contributed by atoms with van der Waals surface area (Å²) in [5.74, 6) is -0.350. The van der Waals surface area contributed by atoms with Gasteiger partial charge in [0.25, 0.3) is 0 Å². The highest BCUT2D eigenvalue weighted by Crippen LogP contribution is 2.09. The van der Waals surface area contributed by atoms with Crippen LogP contribution in [0.15, 0.2) is 10.8 Å². The van der Waals surface area contributed by atoms with E-state index >= 15 is 0 Å². The molecule has 82 valence electrons. The predicted molar refractivity (Wildman–Crippen MR) is 59.9 cm³/mol. The molecule has 0 unspecified atom stereocenters. The maximum absolute atomic E-state index is 11.4. The Bertz CT molecular complexity index is 221. The van der Waals surface area contributed by atoms with Gasteiger partial charge < -0.3 is 0 Å². The second kappa shape index (κ2) is 6.78. The second-order valence-corrected chi connectivity index (χ2v) is 4.88. The fourth-order valence-electron chi connectivity index (χ4n) is 0.939. The van der Waals surface area contributed by atoms with Crippen LogP contribution in [-0.2, 0) is 14.6 Å². The first-order valence-electron chi connectivity index (χ1n) is 5.03. The van der Waals surface area contributed by atoms with Crippen LogP contribution in [0.3, 0.4) is 0 Å². The molecule has 0 spiro atoms. The highest BCUT2D eigenvalue weighted by Gasteiger charge is 2.10. The lowest BCUT2D eigenvalue weighted by Gasteiger charge is -2.08. The van der Waals surface area contributed by atoms with Gasteiger partial charge in [-0.25, -0.2) is 4.79 Å². The highest BCUT2D eigenvalue weighted by molar-refractivity contribution is 6.24. The Morgan fingerprint density at radius 3 is 2.43 bits per heavy atom. The molecule has 0 amide bonds. The molecule has 0 aliphatic rings. The average Bonchev–Trinajstić information content (AvgIpc) is 2.13. The molecular formula is C10H20O3Si. The van der Waals surface area contributed by atoms with Crippen molar-refractivity contribution in [3.63, 3.8) is 0 Å². The van der Waals surface area contributed by atoms with Gasteiger partial charge in [0.15, 0.2) is 0 Å². The van der Waals surface area contributed by atoms with Gasteiger partial charge in [0.05, 0.1) is 6.10 Å². The molecule has 0 atom stereocenters. The van der Waals surface area contributed by atoms with Gasteiger partial charge in [0.1, 0.15) is 0 Å². The highest BCUT2D eigenvalue weighted by atomic mass is 28.1. The minimum Gasteiger partial charge on any atom is -0.293 e. The van der Waals surface area contributed by atoms with Crippen molar-refractivity contribution in [2.24, 2.45) is 0 Å². The number of carbonyl (C=O) groups excluding carboxylic acids is 1. The molecule has 0 fully saturated rings. The smallest absolute Gasteiger partial charge is 0.293 e. The number of rotatable bonds is 5. The molecule has 0 aromatic heterocycles. The van der Waals surface area contributed by atoms with Gasteiger partial charge in [-0.3, -0.25) is 4.89 Å². The van der Waals surface area contributed by atoms with Crippen LogP contribution < -0.4 is 0 Å². The number of hydrogen-bond donors (Lipinski definition) is 0. The first kappa shape index (κ1) is 13.4. The Morgan fingerprint density at radius 1 is 1.43 bits per heavy atom. The molecule has 0 heterocycles. The van der Waals surface area contributed by atoms with Gasteiger partial charge in [0, 0.05) is 15.8 Å². The van der Waals surface area contributed by atoms with Crippen molar-refractivity contribution in [1.82, 2.24) is 0 Å². The van der Waals surface area contributed by atoms with Crippen molar-refractivity contribution < 1.29 is 14.6 Å². The van der Waals surface area contributed by atoms with Crippen LogP contribution in [0.25, 0.3) is 0 Å². The number of allylic oxidation sites excluding steroid dienone is 1. The van der Waals surface area contributed by atoms with E-state index in [1.807, 2.05) is 13.8 Å². The van der Waals surface area contributed by atoms with E-state index in [0.29, 0.717) is 5.57 Å². The molecule has 0 aliphatic carbocycles. The lowest BCUT2D eigenvalue weighted by molar-refractivity contribution is -0.287.